The van der Waals surface area contributed by atoms with Crippen molar-refractivity contribution in [2.24, 2.45) is 0 Å². The number of hydrogen-bond donors (Lipinski definition) is 3. The number of aryl methyl sites for hydroxylation is 2. The van der Waals surface area contributed by atoms with Crippen molar-refractivity contribution in [3.8, 4) is 0 Å². The summed E-state index contributed by atoms with van der Waals surface area (Å²) in [6, 6.07) is 17.5. The molecule has 1 amide bonds. The highest BCUT2D eigenvalue weighted by Gasteiger charge is 2.14. The largest absolute Gasteiger partial charge is 0.351 e. The molecule has 3 N–H and O–H groups in total. The van der Waals surface area contributed by atoms with Crippen LogP contribution in [-0.2, 0) is 0 Å². The molecule has 6 nitrogen and oxygen atoms in total. The number of rotatable bonds is 6. The minimum atomic E-state index is -0.120. The fourth-order valence-corrected chi connectivity index (χ4v) is 3.82. The zero-order chi connectivity index (χ0) is 21.6. The molecule has 2 aromatic carbocycles. The van der Waals surface area contributed by atoms with E-state index in [4.69, 9.17) is 0 Å². The molecule has 0 aliphatic heterocycles. The third-order valence-corrected chi connectivity index (χ3v) is 5.52. The van der Waals surface area contributed by atoms with E-state index in [0.717, 1.165) is 28.5 Å². The molecule has 0 bridgehead atoms. The number of nitrogens with zero attached hydrogens (tertiary/aromatic N) is 2. The number of benzene rings is 2. The maximum Gasteiger partial charge on any atom is 0.255 e. The lowest BCUT2D eigenvalue weighted by atomic mass is 9.96. The number of amides is 1. The predicted octanol–water partition coefficient (Wildman–Crippen LogP) is 5.83. The molecule has 1 fully saturated rings. The third kappa shape index (κ3) is 5.81. The maximum absolute atomic E-state index is 12.4. The van der Waals surface area contributed by atoms with Crippen molar-refractivity contribution >= 4 is 29.0 Å². The quantitative estimate of drug-likeness (QED) is 0.472. The van der Waals surface area contributed by atoms with Crippen LogP contribution in [0, 0.1) is 13.8 Å². The first kappa shape index (κ1) is 20.8. The second kappa shape index (κ2) is 9.60. The van der Waals surface area contributed by atoms with Crippen LogP contribution in [0.25, 0.3) is 0 Å². The molecule has 0 spiro atoms. The first-order valence-electron chi connectivity index (χ1n) is 10.9. The Labute approximate surface area is 183 Å². The van der Waals surface area contributed by atoms with Gasteiger partial charge in [0.1, 0.15) is 5.82 Å². The summed E-state index contributed by atoms with van der Waals surface area (Å²) in [6.45, 7) is 3.98. The summed E-state index contributed by atoms with van der Waals surface area (Å²) in [7, 11) is 0. The summed E-state index contributed by atoms with van der Waals surface area (Å²) in [5, 5.41) is 9.75. The third-order valence-electron chi connectivity index (χ3n) is 5.52. The molecule has 6 heteroatoms. The lowest BCUT2D eigenvalue weighted by molar-refractivity contribution is 0.102. The lowest BCUT2D eigenvalue weighted by Gasteiger charge is -2.23. The Morgan fingerprint density at radius 1 is 0.871 bits per heavy atom. The molecular formula is C25H29N5O. The SMILES string of the molecule is Cc1ccc(C(=O)Nc2ccc(Nc3cc(C)nc(NC4CCCCC4)n3)cc2)cc1. The van der Waals surface area contributed by atoms with E-state index in [1.54, 1.807) is 0 Å². The highest BCUT2D eigenvalue weighted by atomic mass is 16.1. The van der Waals surface area contributed by atoms with Crippen LogP contribution in [0.2, 0.25) is 0 Å². The van der Waals surface area contributed by atoms with Crippen molar-refractivity contribution in [3.05, 3.63) is 71.4 Å². The van der Waals surface area contributed by atoms with E-state index in [1.807, 2.05) is 68.4 Å². The monoisotopic (exact) mass is 415 g/mol. The Bertz CT molecular complexity index is 1020. The summed E-state index contributed by atoms with van der Waals surface area (Å²) in [4.78, 5) is 21.6. The Morgan fingerprint density at radius 2 is 1.55 bits per heavy atom. The fraction of sp³-hybridized carbons (Fsp3) is 0.320. The van der Waals surface area contributed by atoms with Gasteiger partial charge in [0, 0.05) is 34.7 Å². The van der Waals surface area contributed by atoms with Gasteiger partial charge in [0.15, 0.2) is 0 Å². The van der Waals surface area contributed by atoms with Gasteiger partial charge in [-0.3, -0.25) is 4.79 Å². The Hall–Kier alpha value is -3.41. The topological polar surface area (TPSA) is 78.9 Å². The molecule has 4 rings (SSSR count). The number of carbonyl (C=O) groups is 1. The summed E-state index contributed by atoms with van der Waals surface area (Å²) in [5.74, 6) is 1.31. The minimum Gasteiger partial charge on any atom is -0.351 e. The van der Waals surface area contributed by atoms with Gasteiger partial charge in [0.05, 0.1) is 0 Å². The van der Waals surface area contributed by atoms with Gasteiger partial charge in [-0.05, 0) is 63.1 Å². The molecule has 1 heterocycles. The molecule has 0 atom stereocenters. The smallest absolute Gasteiger partial charge is 0.255 e. The van der Waals surface area contributed by atoms with Crippen molar-refractivity contribution in [2.75, 3.05) is 16.0 Å². The van der Waals surface area contributed by atoms with Gasteiger partial charge in [-0.25, -0.2) is 4.98 Å². The molecule has 31 heavy (non-hydrogen) atoms. The van der Waals surface area contributed by atoms with Gasteiger partial charge >= 0.3 is 0 Å². The van der Waals surface area contributed by atoms with Gasteiger partial charge < -0.3 is 16.0 Å². The lowest BCUT2D eigenvalue weighted by Crippen LogP contribution is -2.23. The molecule has 0 unspecified atom stereocenters. The highest BCUT2D eigenvalue weighted by Crippen LogP contribution is 2.23. The first-order chi connectivity index (χ1) is 15.0. The zero-order valence-electron chi connectivity index (χ0n) is 18.1. The Kier molecular flexibility index (Phi) is 6.46. The number of anilines is 4. The van der Waals surface area contributed by atoms with E-state index in [-0.39, 0.29) is 5.91 Å². The summed E-state index contributed by atoms with van der Waals surface area (Å²) < 4.78 is 0. The van der Waals surface area contributed by atoms with E-state index in [0.29, 0.717) is 17.6 Å². The first-order valence-corrected chi connectivity index (χ1v) is 10.9. The molecule has 0 saturated heterocycles. The van der Waals surface area contributed by atoms with Crippen LogP contribution in [0.15, 0.2) is 54.6 Å². The van der Waals surface area contributed by atoms with Crippen LogP contribution in [0.3, 0.4) is 0 Å². The van der Waals surface area contributed by atoms with Crippen LogP contribution < -0.4 is 16.0 Å². The summed E-state index contributed by atoms with van der Waals surface area (Å²) >= 11 is 0. The maximum atomic E-state index is 12.4. The van der Waals surface area contributed by atoms with Crippen LogP contribution >= 0.6 is 0 Å². The average Bonchev–Trinajstić information content (AvgIpc) is 2.76. The molecule has 1 aromatic heterocycles. The number of nitrogens with one attached hydrogen (secondary N) is 3. The van der Waals surface area contributed by atoms with Gasteiger partial charge in [-0.2, -0.15) is 4.98 Å². The molecule has 1 aliphatic rings. The van der Waals surface area contributed by atoms with Crippen molar-refractivity contribution in [3.63, 3.8) is 0 Å². The number of aromatic nitrogens is 2. The van der Waals surface area contributed by atoms with Crippen LogP contribution in [-0.4, -0.2) is 21.9 Å². The van der Waals surface area contributed by atoms with E-state index in [2.05, 4.69) is 25.9 Å². The normalized spacial score (nSPS) is 14.1. The molecule has 1 aliphatic carbocycles. The van der Waals surface area contributed by atoms with Crippen LogP contribution in [0.5, 0.6) is 0 Å². The van der Waals surface area contributed by atoms with Crippen molar-refractivity contribution < 1.29 is 4.79 Å². The molecule has 0 radical (unpaired) electrons. The highest BCUT2D eigenvalue weighted by molar-refractivity contribution is 6.04. The van der Waals surface area contributed by atoms with Gasteiger partial charge in [0.2, 0.25) is 5.95 Å². The van der Waals surface area contributed by atoms with Crippen LogP contribution in [0.4, 0.5) is 23.1 Å². The summed E-state index contributed by atoms with van der Waals surface area (Å²) in [5.41, 5.74) is 4.33. The predicted molar refractivity (Wildman–Crippen MR) is 126 cm³/mol. The molecule has 3 aromatic rings. The standard InChI is InChI=1S/C25H29N5O/c1-17-8-10-19(11-9-17)24(31)28-22-14-12-21(13-15-22)27-23-16-18(2)26-25(30-23)29-20-6-4-3-5-7-20/h8-16,20H,3-7H2,1-2H3,(H,28,31)(H2,26,27,29,30). The van der Waals surface area contributed by atoms with Gasteiger partial charge in [0.25, 0.3) is 5.91 Å². The fourth-order valence-electron chi connectivity index (χ4n) is 3.82. The second-order valence-electron chi connectivity index (χ2n) is 8.22. The van der Waals surface area contributed by atoms with Gasteiger partial charge in [-0.15, -0.1) is 0 Å². The molecule has 160 valence electrons. The minimum absolute atomic E-state index is 0.120. The Balaban J connectivity index is 1.39. The summed E-state index contributed by atoms with van der Waals surface area (Å²) in [6.07, 6.45) is 6.20. The Morgan fingerprint density at radius 3 is 2.26 bits per heavy atom. The van der Waals surface area contributed by atoms with E-state index < -0.39 is 0 Å². The van der Waals surface area contributed by atoms with Crippen molar-refractivity contribution in [1.82, 2.24) is 9.97 Å². The number of carbonyl (C=O) groups excluding carboxylic acids is 1. The van der Waals surface area contributed by atoms with Gasteiger partial charge in [-0.1, -0.05) is 37.0 Å². The number of hydrogen-bond acceptors (Lipinski definition) is 5. The zero-order valence-corrected chi connectivity index (χ0v) is 18.1. The second-order valence-corrected chi connectivity index (χ2v) is 8.22. The molecular weight excluding hydrogens is 386 g/mol. The van der Waals surface area contributed by atoms with E-state index in [1.165, 1.54) is 32.1 Å². The molecule has 1 saturated carbocycles. The van der Waals surface area contributed by atoms with Crippen LogP contribution in [0.1, 0.15) is 53.7 Å². The average molecular weight is 416 g/mol. The van der Waals surface area contributed by atoms with E-state index >= 15 is 0 Å². The van der Waals surface area contributed by atoms with Crippen molar-refractivity contribution in [2.45, 2.75) is 52.0 Å². The van der Waals surface area contributed by atoms with Crippen molar-refractivity contribution in [1.29, 1.82) is 0 Å². The van der Waals surface area contributed by atoms with E-state index in [9.17, 15) is 4.79 Å².